The predicted molar refractivity (Wildman–Crippen MR) is 111 cm³/mol. The first-order valence-electron chi connectivity index (χ1n) is 9.79. The Kier molecular flexibility index (Phi) is 5.40. The SMILES string of the molecule is CC(C)n1cc(SNC(=O)Nc2c3c(c(B(O)O)c4c2CCC4)CCC3)cn1. The molecule has 0 unspecified atom stereocenters. The number of anilines is 1. The number of hydrogen-bond acceptors (Lipinski definition) is 5. The molecule has 2 aliphatic rings. The van der Waals surface area contributed by atoms with Gasteiger partial charge in [0.25, 0.3) is 0 Å². The van der Waals surface area contributed by atoms with Crippen molar-refractivity contribution in [3.8, 4) is 0 Å². The van der Waals surface area contributed by atoms with E-state index >= 15 is 0 Å². The number of hydrogen-bond donors (Lipinski definition) is 4. The summed E-state index contributed by atoms with van der Waals surface area (Å²) in [6, 6.07) is -0.00321. The minimum atomic E-state index is -1.45. The lowest BCUT2D eigenvalue weighted by Crippen LogP contribution is -2.37. The van der Waals surface area contributed by atoms with Crippen molar-refractivity contribution in [3.05, 3.63) is 34.6 Å². The second-order valence-electron chi connectivity index (χ2n) is 7.69. The molecule has 4 rings (SSSR count). The molecule has 148 valence electrons. The number of carbonyl (C=O) groups is 1. The summed E-state index contributed by atoms with van der Waals surface area (Å²) in [5, 5.41) is 27.2. The Morgan fingerprint density at radius 2 is 1.75 bits per heavy atom. The summed E-state index contributed by atoms with van der Waals surface area (Å²) in [6.07, 6.45) is 8.94. The van der Waals surface area contributed by atoms with E-state index in [1.54, 1.807) is 6.20 Å². The van der Waals surface area contributed by atoms with Gasteiger partial charge in [0.2, 0.25) is 0 Å². The molecule has 9 heteroatoms. The lowest BCUT2D eigenvalue weighted by Gasteiger charge is -2.20. The zero-order chi connectivity index (χ0) is 19.8. The van der Waals surface area contributed by atoms with Crippen LogP contribution in [0.15, 0.2) is 17.3 Å². The fourth-order valence-corrected chi connectivity index (χ4v) is 4.88. The quantitative estimate of drug-likeness (QED) is 0.454. The maximum atomic E-state index is 12.6. The van der Waals surface area contributed by atoms with Gasteiger partial charge in [0.1, 0.15) is 0 Å². The molecule has 1 aromatic carbocycles. The molecule has 4 N–H and O–H groups in total. The molecule has 2 aromatic rings. The highest BCUT2D eigenvalue weighted by molar-refractivity contribution is 7.98. The molecule has 0 fully saturated rings. The topological polar surface area (TPSA) is 99.4 Å². The molecule has 1 heterocycles. The first-order chi connectivity index (χ1) is 13.5. The standard InChI is InChI=1S/C19H25BN4O3S/c1-11(2)24-10-12(9-21-24)28-23-19(25)22-18-15-7-3-5-13(15)17(20(26)27)14-6-4-8-16(14)18/h9-11,26-27H,3-8H2,1-2H3,(H2,22,23,25). The molecule has 1 aromatic heterocycles. The number of benzene rings is 1. The lowest BCUT2D eigenvalue weighted by molar-refractivity contribution is 0.257. The van der Waals surface area contributed by atoms with E-state index in [2.05, 4.69) is 29.0 Å². The van der Waals surface area contributed by atoms with E-state index in [1.165, 1.54) is 11.9 Å². The van der Waals surface area contributed by atoms with E-state index in [-0.39, 0.29) is 12.1 Å². The van der Waals surface area contributed by atoms with Gasteiger partial charge in [0.05, 0.1) is 11.1 Å². The summed E-state index contributed by atoms with van der Waals surface area (Å²) < 4.78 is 4.68. The van der Waals surface area contributed by atoms with Crippen LogP contribution in [0.25, 0.3) is 0 Å². The molecule has 0 saturated heterocycles. The van der Waals surface area contributed by atoms with Crippen LogP contribution in [-0.2, 0) is 25.7 Å². The van der Waals surface area contributed by atoms with E-state index in [0.29, 0.717) is 5.46 Å². The summed E-state index contributed by atoms with van der Waals surface area (Å²) in [5.74, 6) is 0. The van der Waals surface area contributed by atoms with Gasteiger partial charge in [-0.3, -0.25) is 9.40 Å². The largest absolute Gasteiger partial charge is 0.489 e. The van der Waals surface area contributed by atoms with Gasteiger partial charge in [-0.2, -0.15) is 5.10 Å². The average molecular weight is 400 g/mol. The maximum Gasteiger partial charge on any atom is 0.489 e. The predicted octanol–water partition coefficient (Wildman–Crippen LogP) is 1.95. The summed E-state index contributed by atoms with van der Waals surface area (Å²) >= 11 is 1.24. The van der Waals surface area contributed by atoms with Crippen LogP contribution in [0.5, 0.6) is 0 Å². The molecular weight excluding hydrogens is 375 g/mol. The van der Waals surface area contributed by atoms with Gasteiger partial charge >= 0.3 is 13.1 Å². The summed E-state index contributed by atoms with van der Waals surface area (Å²) in [6.45, 7) is 4.10. The van der Waals surface area contributed by atoms with Crippen molar-refractivity contribution in [1.29, 1.82) is 0 Å². The summed E-state index contributed by atoms with van der Waals surface area (Å²) in [5.41, 5.74) is 5.71. The molecule has 2 amide bonds. The first-order valence-corrected chi connectivity index (χ1v) is 10.6. The van der Waals surface area contributed by atoms with Crippen LogP contribution in [0.4, 0.5) is 10.5 Å². The van der Waals surface area contributed by atoms with Crippen LogP contribution in [0.2, 0.25) is 0 Å². The van der Waals surface area contributed by atoms with Gasteiger partial charge in [-0.05, 0) is 92.0 Å². The van der Waals surface area contributed by atoms with Gasteiger partial charge in [-0.15, -0.1) is 0 Å². The van der Waals surface area contributed by atoms with E-state index in [1.807, 2.05) is 10.9 Å². The van der Waals surface area contributed by atoms with E-state index in [0.717, 1.165) is 71.4 Å². The van der Waals surface area contributed by atoms with Crippen LogP contribution >= 0.6 is 11.9 Å². The van der Waals surface area contributed by atoms with Crippen molar-refractivity contribution in [2.45, 2.75) is 63.3 Å². The Hall–Kier alpha value is -1.97. The van der Waals surface area contributed by atoms with Gasteiger partial charge in [-0.25, -0.2) is 4.79 Å². The molecular formula is C19H25BN4O3S. The molecule has 0 aliphatic heterocycles. The average Bonchev–Trinajstić information content (AvgIpc) is 3.39. The number of fused-ring (bicyclic) bond motifs is 2. The molecule has 0 atom stereocenters. The van der Waals surface area contributed by atoms with Crippen molar-refractivity contribution < 1.29 is 14.8 Å². The third-order valence-electron chi connectivity index (χ3n) is 5.55. The fraction of sp³-hybridized carbons (Fsp3) is 0.474. The minimum Gasteiger partial charge on any atom is -0.423 e. The third kappa shape index (κ3) is 3.54. The van der Waals surface area contributed by atoms with Crippen LogP contribution in [-0.4, -0.2) is 33.0 Å². The number of aromatic nitrogens is 2. The monoisotopic (exact) mass is 400 g/mol. The molecule has 0 spiro atoms. The van der Waals surface area contributed by atoms with E-state index in [4.69, 9.17) is 0 Å². The summed E-state index contributed by atoms with van der Waals surface area (Å²) in [7, 11) is -1.45. The Labute approximate surface area is 169 Å². The third-order valence-corrected chi connectivity index (χ3v) is 6.29. The minimum absolute atomic E-state index is 0.272. The van der Waals surface area contributed by atoms with Gasteiger partial charge in [-0.1, -0.05) is 0 Å². The molecule has 0 bridgehead atoms. The van der Waals surface area contributed by atoms with Gasteiger partial charge in [0, 0.05) is 17.9 Å². The van der Waals surface area contributed by atoms with Crippen LogP contribution < -0.4 is 15.5 Å². The second-order valence-corrected chi connectivity index (χ2v) is 8.57. The highest BCUT2D eigenvalue weighted by atomic mass is 32.2. The van der Waals surface area contributed by atoms with Gasteiger partial charge < -0.3 is 15.4 Å². The highest BCUT2D eigenvalue weighted by Gasteiger charge is 2.33. The normalized spacial score (nSPS) is 14.9. The zero-order valence-electron chi connectivity index (χ0n) is 16.2. The maximum absolute atomic E-state index is 12.6. The van der Waals surface area contributed by atoms with Crippen molar-refractivity contribution in [2.75, 3.05) is 5.32 Å². The van der Waals surface area contributed by atoms with Crippen LogP contribution in [0, 0.1) is 0 Å². The zero-order valence-corrected chi connectivity index (χ0v) is 17.0. The number of nitrogens with one attached hydrogen (secondary N) is 2. The summed E-state index contributed by atoms with van der Waals surface area (Å²) in [4.78, 5) is 13.4. The number of amides is 2. The van der Waals surface area contributed by atoms with Gasteiger partial charge in [0.15, 0.2) is 0 Å². The number of carbonyl (C=O) groups excluding carboxylic acids is 1. The van der Waals surface area contributed by atoms with Crippen molar-refractivity contribution in [2.24, 2.45) is 0 Å². The Balaban J connectivity index is 1.54. The Bertz CT molecular complexity index is 878. The number of rotatable bonds is 5. The molecule has 7 nitrogen and oxygen atoms in total. The number of nitrogens with zero attached hydrogens (tertiary/aromatic N) is 2. The molecule has 2 aliphatic carbocycles. The van der Waals surface area contributed by atoms with Crippen LogP contribution in [0.1, 0.15) is 55.0 Å². The van der Waals surface area contributed by atoms with E-state index in [9.17, 15) is 14.8 Å². The fourth-order valence-electron chi connectivity index (χ4n) is 4.36. The lowest BCUT2D eigenvalue weighted by atomic mass is 9.71. The Morgan fingerprint density at radius 3 is 2.29 bits per heavy atom. The van der Waals surface area contributed by atoms with Crippen LogP contribution in [0.3, 0.4) is 0 Å². The molecule has 0 radical (unpaired) electrons. The molecule has 0 saturated carbocycles. The van der Waals surface area contributed by atoms with E-state index < -0.39 is 7.12 Å². The smallest absolute Gasteiger partial charge is 0.423 e. The Morgan fingerprint density at radius 1 is 1.14 bits per heavy atom. The molecule has 28 heavy (non-hydrogen) atoms. The van der Waals surface area contributed by atoms with Crippen molar-refractivity contribution in [3.63, 3.8) is 0 Å². The van der Waals surface area contributed by atoms with Crippen molar-refractivity contribution in [1.82, 2.24) is 14.5 Å². The number of urea groups is 1. The highest BCUT2D eigenvalue weighted by Crippen LogP contribution is 2.37. The van der Waals surface area contributed by atoms with Crippen molar-refractivity contribution >= 4 is 36.2 Å². The second kappa shape index (κ2) is 7.81. The first kappa shape index (κ1) is 19.4.